The summed E-state index contributed by atoms with van der Waals surface area (Å²) < 4.78 is 7.97. The van der Waals surface area contributed by atoms with Gasteiger partial charge in [0.1, 0.15) is 0 Å². The summed E-state index contributed by atoms with van der Waals surface area (Å²) in [5.41, 5.74) is 0. The molecular formula is C18H24Cl2N2OS. The number of imidazole rings is 1. The minimum absolute atomic E-state index is 0.268. The summed E-state index contributed by atoms with van der Waals surface area (Å²) in [6, 6.07) is 5.62. The maximum absolute atomic E-state index is 6.31. The van der Waals surface area contributed by atoms with E-state index >= 15 is 0 Å². The first-order valence-corrected chi connectivity index (χ1v) is 9.97. The Kier molecular flexibility index (Phi) is 9.03. The normalized spacial score (nSPS) is 12.5. The van der Waals surface area contributed by atoms with Crippen LogP contribution in [0, 0.1) is 0 Å². The van der Waals surface area contributed by atoms with Crippen LogP contribution in [0.2, 0.25) is 10.0 Å². The molecule has 1 heterocycles. The lowest BCUT2D eigenvalue weighted by Gasteiger charge is -2.18. The van der Waals surface area contributed by atoms with Gasteiger partial charge in [-0.05, 0) is 24.6 Å². The molecule has 0 aliphatic rings. The minimum atomic E-state index is 0.268. The minimum Gasteiger partial charge on any atom is -0.380 e. The van der Waals surface area contributed by atoms with Crippen molar-refractivity contribution in [2.75, 3.05) is 13.2 Å². The molecule has 132 valence electrons. The molecule has 0 aliphatic carbocycles. The van der Waals surface area contributed by atoms with Crippen molar-refractivity contribution in [2.45, 2.75) is 49.3 Å². The molecule has 3 nitrogen and oxygen atoms in total. The Labute approximate surface area is 158 Å². The van der Waals surface area contributed by atoms with Crippen LogP contribution < -0.4 is 0 Å². The number of ether oxygens (including phenoxy) is 1. The van der Waals surface area contributed by atoms with Crippen LogP contribution >= 0.6 is 35.0 Å². The number of halogens is 2. The van der Waals surface area contributed by atoms with Gasteiger partial charge in [-0.2, -0.15) is 0 Å². The Morgan fingerprint density at radius 3 is 2.83 bits per heavy atom. The van der Waals surface area contributed by atoms with Crippen LogP contribution in [0.1, 0.15) is 32.6 Å². The molecule has 0 N–H and O–H groups in total. The monoisotopic (exact) mass is 386 g/mol. The van der Waals surface area contributed by atoms with Gasteiger partial charge in [-0.25, -0.2) is 4.98 Å². The molecule has 0 saturated heterocycles. The molecule has 0 fully saturated rings. The van der Waals surface area contributed by atoms with E-state index in [1.165, 1.54) is 19.3 Å². The van der Waals surface area contributed by atoms with Crippen molar-refractivity contribution >= 4 is 35.0 Å². The second-order valence-electron chi connectivity index (χ2n) is 5.71. The second kappa shape index (κ2) is 11.0. The van der Waals surface area contributed by atoms with Gasteiger partial charge in [-0.15, -0.1) is 11.8 Å². The number of unbranched alkanes of at least 4 members (excludes halogenated alkanes) is 3. The molecule has 0 radical (unpaired) electrons. The Balaban J connectivity index is 1.89. The number of aromatic nitrogens is 2. The van der Waals surface area contributed by atoms with E-state index in [1.54, 1.807) is 24.0 Å². The molecule has 6 heteroatoms. The van der Waals surface area contributed by atoms with Crippen LogP contribution in [0.5, 0.6) is 0 Å². The van der Waals surface area contributed by atoms with Gasteiger partial charge in [0.2, 0.25) is 0 Å². The van der Waals surface area contributed by atoms with Crippen LogP contribution in [0.4, 0.5) is 0 Å². The molecule has 0 saturated carbocycles. The van der Waals surface area contributed by atoms with Crippen LogP contribution in [-0.2, 0) is 11.3 Å². The third-order valence-electron chi connectivity index (χ3n) is 3.61. The number of thioether (sulfide) groups is 1. The lowest BCUT2D eigenvalue weighted by atomic mass is 10.2. The number of hydrogen-bond donors (Lipinski definition) is 0. The lowest BCUT2D eigenvalue weighted by Crippen LogP contribution is -2.19. The summed E-state index contributed by atoms with van der Waals surface area (Å²) in [7, 11) is 0. The molecule has 2 aromatic rings. The van der Waals surface area contributed by atoms with Gasteiger partial charge in [0.15, 0.2) is 0 Å². The van der Waals surface area contributed by atoms with E-state index in [1.807, 2.05) is 24.7 Å². The molecule has 0 bridgehead atoms. The Morgan fingerprint density at radius 1 is 1.25 bits per heavy atom. The largest absolute Gasteiger partial charge is 0.380 e. The molecule has 1 aromatic heterocycles. The molecular weight excluding hydrogens is 363 g/mol. The zero-order valence-corrected chi connectivity index (χ0v) is 16.3. The predicted molar refractivity (Wildman–Crippen MR) is 103 cm³/mol. The van der Waals surface area contributed by atoms with E-state index < -0.39 is 0 Å². The topological polar surface area (TPSA) is 27.1 Å². The molecule has 1 unspecified atom stereocenters. The van der Waals surface area contributed by atoms with E-state index in [0.717, 1.165) is 24.5 Å². The summed E-state index contributed by atoms with van der Waals surface area (Å²) in [6.45, 7) is 4.55. The molecule has 2 rings (SSSR count). The van der Waals surface area contributed by atoms with Gasteiger partial charge in [-0.1, -0.05) is 49.4 Å². The number of benzene rings is 1. The highest BCUT2D eigenvalue weighted by molar-refractivity contribution is 8.00. The molecule has 1 atom stereocenters. The average molecular weight is 387 g/mol. The van der Waals surface area contributed by atoms with Crippen molar-refractivity contribution in [1.82, 2.24) is 9.55 Å². The molecule has 24 heavy (non-hydrogen) atoms. The van der Waals surface area contributed by atoms with Gasteiger partial charge in [0.25, 0.3) is 0 Å². The van der Waals surface area contributed by atoms with Gasteiger partial charge in [-0.3, -0.25) is 0 Å². The van der Waals surface area contributed by atoms with Crippen LogP contribution in [0.25, 0.3) is 0 Å². The van der Waals surface area contributed by atoms with E-state index in [0.29, 0.717) is 16.7 Å². The van der Waals surface area contributed by atoms with E-state index in [4.69, 9.17) is 27.9 Å². The first-order valence-electron chi connectivity index (χ1n) is 8.34. The van der Waals surface area contributed by atoms with Crippen molar-refractivity contribution < 1.29 is 4.74 Å². The van der Waals surface area contributed by atoms with E-state index in [2.05, 4.69) is 16.5 Å². The summed E-state index contributed by atoms with van der Waals surface area (Å²) in [5, 5.41) is 1.61. The molecule has 0 spiro atoms. The molecule has 1 aromatic carbocycles. The first kappa shape index (κ1) is 19.6. The fourth-order valence-electron chi connectivity index (χ4n) is 2.35. The highest BCUT2D eigenvalue weighted by atomic mass is 35.5. The fraction of sp³-hybridized carbons (Fsp3) is 0.500. The third kappa shape index (κ3) is 7.06. The summed E-state index contributed by atoms with van der Waals surface area (Å²) in [6.07, 6.45) is 10.5. The van der Waals surface area contributed by atoms with Gasteiger partial charge < -0.3 is 9.30 Å². The first-order chi connectivity index (χ1) is 11.7. The maximum atomic E-state index is 6.31. The van der Waals surface area contributed by atoms with Crippen molar-refractivity contribution in [2.24, 2.45) is 0 Å². The fourth-order valence-corrected chi connectivity index (χ4v) is 3.98. The van der Waals surface area contributed by atoms with Crippen molar-refractivity contribution in [1.29, 1.82) is 0 Å². The van der Waals surface area contributed by atoms with Crippen LogP contribution in [0.15, 0.2) is 41.8 Å². The average Bonchev–Trinajstić information content (AvgIpc) is 3.06. The van der Waals surface area contributed by atoms with Gasteiger partial charge in [0, 0.05) is 35.5 Å². The smallest absolute Gasteiger partial charge is 0.0946 e. The Bertz CT molecular complexity index is 593. The van der Waals surface area contributed by atoms with Crippen molar-refractivity contribution in [3.63, 3.8) is 0 Å². The zero-order chi connectivity index (χ0) is 17.2. The summed E-state index contributed by atoms with van der Waals surface area (Å²) in [5.74, 6) is 0. The molecule has 0 aliphatic heterocycles. The maximum Gasteiger partial charge on any atom is 0.0946 e. The standard InChI is InChI=1S/C18H24Cl2N2OS/c1-2-3-4-5-10-23-13-16(12-22-9-8-21-14-22)24-18-7-6-15(19)11-17(18)20/h6-9,11,14,16H,2-5,10,12-13H2,1H3. The van der Waals surface area contributed by atoms with E-state index in [9.17, 15) is 0 Å². The predicted octanol–water partition coefficient (Wildman–Crippen LogP) is 5.95. The Morgan fingerprint density at radius 2 is 2.12 bits per heavy atom. The SMILES string of the molecule is CCCCCCOCC(Cn1ccnc1)Sc1ccc(Cl)cc1Cl. The molecule has 0 amide bonds. The van der Waals surface area contributed by atoms with Crippen molar-refractivity contribution in [3.8, 4) is 0 Å². The van der Waals surface area contributed by atoms with Gasteiger partial charge >= 0.3 is 0 Å². The number of hydrogen-bond acceptors (Lipinski definition) is 3. The van der Waals surface area contributed by atoms with Crippen molar-refractivity contribution in [3.05, 3.63) is 47.0 Å². The summed E-state index contributed by atoms with van der Waals surface area (Å²) in [4.78, 5) is 5.14. The third-order valence-corrected chi connectivity index (χ3v) is 5.50. The van der Waals surface area contributed by atoms with Gasteiger partial charge in [0.05, 0.1) is 23.2 Å². The van der Waals surface area contributed by atoms with E-state index in [-0.39, 0.29) is 5.25 Å². The summed E-state index contributed by atoms with van der Waals surface area (Å²) >= 11 is 14.0. The van der Waals surface area contributed by atoms with Crippen LogP contribution in [0.3, 0.4) is 0 Å². The highest BCUT2D eigenvalue weighted by Gasteiger charge is 2.14. The number of rotatable bonds is 11. The quantitative estimate of drug-likeness (QED) is 0.352. The van der Waals surface area contributed by atoms with Crippen LogP contribution in [-0.4, -0.2) is 28.0 Å². The highest BCUT2D eigenvalue weighted by Crippen LogP contribution is 2.33. The second-order valence-corrected chi connectivity index (χ2v) is 7.90. The lowest BCUT2D eigenvalue weighted by molar-refractivity contribution is 0.128. The zero-order valence-electron chi connectivity index (χ0n) is 14.0. The Hall–Kier alpha value is -0.680. The number of nitrogens with zero attached hydrogens (tertiary/aromatic N) is 2.